The Hall–Kier alpha value is -1.57. The summed E-state index contributed by atoms with van der Waals surface area (Å²) < 4.78 is 5.44. The smallest absolute Gasteiger partial charge is 0.209 e. The van der Waals surface area contributed by atoms with Gasteiger partial charge in [0.25, 0.3) is 0 Å². The maximum atomic E-state index is 5.44. The van der Waals surface area contributed by atoms with Gasteiger partial charge in [-0.3, -0.25) is 0 Å². The lowest BCUT2D eigenvalue weighted by Crippen LogP contribution is -2.00. The first-order chi connectivity index (χ1) is 7.31. The summed E-state index contributed by atoms with van der Waals surface area (Å²) in [4.78, 5) is 4.42. The van der Waals surface area contributed by atoms with E-state index in [-0.39, 0.29) is 0 Å². The number of allylic oxidation sites excluding steroid dienone is 1. The Morgan fingerprint density at radius 2 is 2.13 bits per heavy atom. The standard InChI is InChI=1S/C13H15NO/c1-3-15-13-8-10(2)12-7-5-4-6-11(12)9-14-13/h4-8H,3,9H2,1-2H3. The zero-order valence-electron chi connectivity index (χ0n) is 9.16. The van der Waals surface area contributed by atoms with Crippen LogP contribution in [0.25, 0.3) is 5.57 Å². The molecule has 0 bridgehead atoms. The number of ether oxygens (including phenoxy) is 1. The van der Waals surface area contributed by atoms with Crippen LogP contribution in [0.5, 0.6) is 0 Å². The lowest BCUT2D eigenvalue weighted by molar-refractivity contribution is 0.329. The molecule has 0 spiro atoms. The van der Waals surface area contributed by atoms with E-state index in [1.165, 1.54) is 16.7 Å². The first-order valence-electron chi connectivity index (χ1n) is 5.25. The summed E-state index contributed by atoms with van der Waals surface area (Å²) in [5, 5.41) is 0. The molecule has 0 radical (unpaired) electrons. The minimum Gasteiger partial charge on any atom is -0.478 e. The number of benzene rings is 1. The Balaban J connectivity index is 2.38. The molecular formula is C13H15NO. The highest BCUT2D eigenvalue weighted by molar-refractivity contribution is 5.96. The van der Waals surface area contributed by atoms with Gasteiger partial charge in [-0.05, 0) is 30.5 Å². The van der Waals surface area contributed by atoms with Gasteiger partial charge in [-0.25, -0.2) is 4.99 Å². The summed E-state index contributed by atoms with van der Waals surface area (Å²) in [6.45, 7) is 5.45. The van der Waals surface area contributed by atoms with E-state index < -0.39 is 0 Å². The second-order valence-corrected chi connectivity index (χ2v) is 3.57. The Labute approximate surface area is 90.3 Å². The van der Waals surface area contributed by atoms with Crippen molar-refractivity contribution < 1.29 is 4.74 Å². The summed E-state index contributed by atoms with van der Waals surface area (Å²) in [5.41, 5.74) is 3.76. The molecular weight excluding hydrogens is 186 g/mol. The number of hydrogen-bond acceptors (Lipinski definition) is 2. The van der Waals surface area contributed by atoms with Gasteiger partial charge in [0.05, 0.1) is 13.2 Å². The van der Waals surface area contributed by atoms with Crippen molar-refractivity contribution in [2.75, 3.05) is 6.61 Å². The predicted octanol–water partition coefficient (Wildman–Crippen LogP) is 3.04. The topological polar surface area (TPSA) is 21.6 Å². The Morgan fingerprint density at radius 1 is 1.33 bits per heavy atom. The molecule has 0 aromatic heterocycles. The predicted molar refractivity (Wildman–Crippen MR) is 62.9 cm³/mol. The van der Waals surface area contributed by atoms with Crippen molar-refractivity contribution in [3.05, 3.63) is 41.5 Å². The molecule has 1 heterocycles. The summed E-state index contributed by atoms with van der Waals surface area (Å²) in [7, 11) is 0. The van der Waals surface area contributed by atoms with Crippen LogP contribution in [-0.4, -0.2) is 12.5 Å². The largest absolute Gasteiger partial charge is 0.478 e. The third-order valence-corrected chi connectivity index (χ3v) is 2.48. The van der Waals surface area contributed by atoms with Gasteiger partial charge >= 0.3 is 0 Å². The molecule has 0 N–H and O–H groups in total. The maximum Gasteiger partial charge on any atom is 0.209 e. The zero-order valence-corrected chi connectivity index (χ0v) is 9.16. The minimum atomic E-state index is 0.666. The van der Waals surface area contributed by atoms with E-state index >= 15 is 0 Å². The van der Waals surface area contributed by atoms with Crippen LogP contribution >= 0.6 is 0 Å². The molecule has 2 rings (SSSR count). The molecule has 2 heteroatoms. The first kappa shape index (κ1) is 9.97. The maximum absolute atomic E-state index is 5.44. The van der Waals surface area contributed by atoms with Crippen molar-refractivity contribution in [3.63, 3.8) is 0 Å². The average Bonchev–Trinajstić information content (AvgIpc) is 2.40. The molecule has 1 aliphatic heterocycles. The van der Waals surface area contributed by atoms with Crippen molar-refractivity contribution in [1.29, 1.82) is 0 Å². The Bertz CT molecular complexity index is 418. The van der Waals surface area contributed by atoms with Crippen molar-refractivity contribution >= 4 is 11.5 Å². The fraction of sp³-hybridized carbons (Fsp3) is 0.308. The molecule has 1 aromatic rings. The molecule has 2 nitrogen and oxygen atoms in total. The van der Waals surface area contributed by atoms with Crippen molar-refractivity contribution in [2.45, 2.75) is 20.4 Å². The molecule has 0 amide bonds. The molecule has 0 fully saturated rings. The highest BCUT2D eigenvalue weighted by atomic mass is 16.5. The Kier molecular flexibility index (Phi) is 2.86. The van der Waals surface area contributed by atoms with E-state index in [0.29, 0.717) is 13.2 Å². The fourth-order valence-corrected chi connectivity index (χ4v) is 1.75. The molecule has 78 valence electrons. The van der Waals surface area contributed by atoms with E-state index in [1.807, 2.05) is 19.1 Å². The average molecular weight is 201 g/mol. The van der Waals surface area contributed by atoms with Crippen LogP contribution in [0.15, 0.2) is 35.3 Å². The van der Waals surface area contributed by atoms with E-state index in [1.54, 1.807) is 0 Å². The second-order valence-electron chi connectivity index (χ2n) is 3.57. The van der Waals surface area contributed by atoms with E-state index in [0.717, 1.165) is 5.90 Å². The van der Waals surface area contributed by atoms with Crippen LogP contribution in [-0.2, 0) is 11.3 Å². The minimum absolute atomic E-state index is 0.666. The lowest BCUT2D eigenvalue weighted by atomic mass is 10.0. The monoisotopic (exact) mass is 201 g/mol. The van der Waals surface area contributed by atoms with Crippen LogP contribution in [0.2, 0.25) is 0 Å². The third kappa shape index (κ3) is 2.09. The van der Waals surface area contributed by atoms with Gasteiger partial charge in [0.1, 0.15) is 0 Å². The van der Waals surface area contributed by atoms with Gasteiger partial charge in [0.2, 0.25) is 5.90 Å². The summed E-state index contributed by atoms with van der Waals surface area (Å²) in [6, 6.07) is 8.35. The zero-order chi connectivity index (χ0) is 10.7. The van der Waals surface area contributed by atoms with Crippen LogP contribution < -0.4 is 0 Å². The van der Waals surface area contributed by atoms with Gasteiger partial charge in [0.15, 0.2) is 0 Å². The van der Waals surface area contributed by atoms with Crippen LogP contribution in [0.1, 0.15) is 25.0 Å². The SMILES string of the molecule is CCOC1=NCc2ccccc2C(C)=C1. The highest BCUT2D eigenvalue weighted by Gasteiger charge is 2.08. The van der Waals surface area contributed by atoms with Gasteiger partial charge in [-0.1, -0.05) is 24.3 Å². The second kappa shape index (κ2) is 4.30. The molecule has 0 saturated heterocycles. The van der Waals surface area contributed by atoms with Gasteiger partial charge in [-0.15, -0.1) is 0 Å². The number of aliphatic imine (C=N–C) groups is 1. The molecule has 15 heavy (non-hydrogen) atoms. The normalized spacial score (nSPS) is 14.8. The molecule has 0 saturated carbocycles. The summed E-state index contributed by atoms with van der Waals surface area (Å²) >= 11 is 0. The van der Waals surface area contributed by atoms with Crippen LogP contribution in [0, 0.1) is 0 Å². The first-order valence-corrected chi connectivity index (χ1v) is 5.25. The van der Waals surface area contributed by atoms with Gasteiger partial charge in [-0.2, -0.15) is 0 Å². The third-order valence-electron chi connectivity index (χ3n) is 2.48. The van der Waals surface area contributed by atoms with Crippen molar-refractivity contribution in [1.82, 2.24) is 0 Å². The number of nitrogens with zero attached hydrogens (tertiary/aromatic N) is 1. The molecule has 1 aromatic carbocycles. The van der Waals surface area contributed by atoms with E-state index in [4.69, 9.17) is 4.74 Å². The Morgan fingerprint density at radius 3 is 2.93 bits per heavy atom. The van der Waals surface area contributed by atoms with E-state index in [9.17, 15) is 0 Å². The van der Waals surface area contributed by atoms with Crippen molar-refractivity contribution in [2.24, 2.45) is 4.99 Å². The molecule has 0 atom stereocenters. The van der Waals surface area contributed by atoms with Crippen LogP contribution in [0.3, 0.4) is 0 Å². The number of rotatable bonds is 1. The number of hydrogen-bond donors (Lipinski definition) is 0. The highest BCUT2D eigenvalue weighted by Crippen LogP contribution is 2.22. The van der Waals surface area contributed by atoms with E-state index in [2.05, 4.69) is 30.1 Å². The van der Waals surface area contributed by atoms with Crippen molar-refractivity contribution in [3.8, 4) is 0 Å². The van der Waals surface area contributed by atoms with Gasteiger partial charge < -0.3 is 4.74 Å². The molecule has 0 aliphatic carbocycles. The number of fused-ring (bicyclic) bond motifs is 1. The molecule has 1 aliphatic rings. The van der Waals surface area contributed by atoms with Crippen LogP contribution in [0.4, 0.5) is 0 Å². The quantitative estimate of drug-likeness (QED) is 0.684. The molecule has 0 unspecified atom stereocenters. The summed E-state index contributed by atoms with van der Waals surface area (Å²) in [5.74, 6) is 0.742. The van der Waals surface area contributed by atoms with Gasteiger partial charge in [0, 0.05) is 6.08 Å². The fourth-order valence-electron chi connectivity index (χ4n) is 1.75. The lowest BCUT2D eigenvalue weighted by Gasteiger charge is -2.04. The summed E-state index contributed by atoms with van der Waals surface area (Å²) in [6.07, 6.45) is 2.01.